The van der Waals surface area contributed by atoms with Gasteiger partial charge >= 0.3 is 0 Å². The first-order chi connectivity index (χ1) is 11.1. The monoisotopic (exact) mass is 353 g/mol. The number of rotatable bonds is 4. The largest absolute Gasteiger partial charge is 0.382 e. The number of nitrogens with zero attached hydrogens (tertiary/aromatic N) is 2. The SMILES string of the molecule is O=c1c(Cl)c(NC[C@H]2CCCOC2)cnn1-c1ccc(Cl)cc1. The summed E-state index contributed by atoms with van der Waals surface area (Å²) in [7, 11) is 0. The molecule has 1 aliphatic heterocycles. The van der Waals surface area contributed by atoms with Crippen LogP contribution in [0.5, 0.6) is 0 Å². The quantitative estimate of drug-likeness (QED) is 0.915. The van der Waals surface area contributed by atoms with E-state index in [0.29, 0.717) is 28.9 Å². The number of nitrogens with one attached hydrogen (secondary N) is 1. The molecule has 1 aromatic heterocycles. The van der Waals surface area contributed by atoms with E-state index in [1.54, 1.807) is 30.5 Å². The summed E-state index contributed by atoms with van der Waals surface area (Å²) in [5, 5.41) is 8.12. The first-order valence-electron chi connectivity index (χ1n) is 7.50. The fourth-order valence-electron chi connectivity index (χ4n) is 2.54. The molecule has 1 aliphatic rings. The Balaban J connectivity index is 1.77. The van der Waals surface area contributed by atoms with Gasteiger partial charge in [-0.2, -0.15) is 9.78 Å². The highest BCUT2D eigenvalue weighted by molar-refractivity contribution is 6.33. The van der Waals surface area contributed by atoms with Crippen molar-refractivity contribution >= 4 is 28.9 Å². The zero-order valence-corrected chi connectivity index (χ0v) is 14.0. The average Bonchev–Trinajstić information content (AvgIpc) is 2.58. The second-order valence-corrected chi connectivity index (χ2v) is 6.34. The van der Waals surface area contributed by atoms with Gasteiger partial charge in [-0.25, -0.2) is 0 Å². The Morgan fingerprint density at radius 2 is 2.09 bits per heavy atom. The summed E-state index contributed by atoms with van der Waals surface area (Å²) in [4.78, 5) is 12.4. The van der Waals surface area contributed by atoms with E-state index in [-0.39, 0.29) is 10.6 Å². The molecule has 1 fully saturated rings. The summed E-state index contributed by atoms with van der Waals surface area (Å²) in [5.74, 6) is 0.429. The highest BCUT2D eigenvalue weighted by atomic mass is 35.5. The van der Waals surface area contributed by atoms with E-state index in [0.717, 1.165) is 26.1 Å². The summed E-state index contributed by atoms with van der Waals surface area (Å²) >= 11 is 12.1. The van der Waals surface area contributed by atoms with Crippen molar-refractivity contribution in [1.82, 2.24) is 9.78 Å². The molecule has 1 N–H and O–H groups in total. The van der Waals surface area contributed by atoms with Crippen LogP contribution in [0.3, 0.4) is 0 Å². The van der Waals surface area contributed by atoms with Crippen LogP contribution in [-0.4, -0.2) is 29.5 Å². The number of ether oxygens (including phenoxy) is 1. The van der Waals surface area contributed by atoms with E-state index < -0.39 is 0 Å². The molecule has 5 nitrogen and oxygen atoms in total. The van der Waals surface area contributed by atoms with Crippen LogP contribution in [0.2, 0.25) is 10.0 Å². The van der Waals surface area contributed by atoms with E-state index in [1.807, 2.05) is 0 Å². The van der Waals surface area contributed by atoms with Crippen molar-refractivity contribution < 1.29 is 4.74 Å². The van der Waals surface area contributed by atoms with Gasteiger partial charge in [0.25, 0.3) is 5.56 Å². The fourth-order valence-corrected chi connectivity index (χ4v) is 2.87. The van der Waals surface area contributed by atoms with Gasteiger partial charge in [0, 0.05) is 18.2 Å². The van der Waals surface area contributed by atoms with Crippen LogP contribution < -0.4 is 10.9 Å². The molecule has 2 aromatic rings. The number of halogens is 2. The molecular weight excluding hydrogens is 337 g/mol. The number of anilines is 1. The lowest BCUT2D eigenvalue weighted by molar-refractivity contribution is 0.0595. The van der Waals surface area contributed by atoms with E-state index >= 15 is 0 Å². The summed E-state index contributed by atoms with van der Waals surface area (Å²) in [5.41, 5.74) is 0.805. The zero-order chi connectivity index (χ0) is 16.2. The van der Waals surface area contributed by atoms with Crippen LogP contribution in [0.25, 0.3) is 5.69 Å². The number of aromatic nitrogens is 2. The molecule has 0 saturated carbocycles. The van der Waals surface area contributed by atoms with Gasteiger partial charge in [0.15, 0.2) is 0 Å². The van der Waals surface area contributed by atoms with Gasteiger partial charge in [-0.15, -0.1) is 0 Å². The second kappa shape index (κ2) is 7.34. The number of benzene rings is 1. The lowest BCUT2D eigenvalue weighted by atomic mass is 10.0. The van der Waals surface area contributed by atoms with Gasteiger partial charge in [0.1, 0.15) is 5.02 Å². The van der Waals surface area contributed by atoms with Crippen LogP contribution in [0.15, 0.2) is 35.3 Å². The lowest BCUT2D eigenvalue weighted by Crippen LogP contribution is -2.26. The molecule has 2 heterocycles. The lowest BCUT2D eigenvalue weighted by Gasteiger charge is -2.22. The highest BCUT2D eigenvalue weighted by Gasteiger charge is 2.16. The van der Waals surface area contributed by atoms with Crippen LogP contribution in [0.1, 0.15) is 12.8 Å². The minimum Gasteiger partial charge on any atom is -0.382 e. The molecule has 0 bridgehead atoms. The Morgan fingerprint density at radius 1 is 1.30 bits per heavy atom. The predicted molar refractivity (Wildman–Crippen MR) is 91.9 cm³/mol. The smallest absolute Gasteiger partial charge is 0.292 e. The Hall–Kier alpha value is -1.56. The minimum absolute atomic E-state index is 0.131. The molecule has 3 rings (SSSR count). The Morgan fingerprint density at radius 3 is 2.78 bits per heavy atom. The normalized spacial score (nSPS) is 17.9. The topological polar surface area (TPSA) is 56.1 Å². The van der Waals surface area contributed by atoms with Gasteiger partial charge in [0.05, 0.1) is 24.2 Å². The van der Waals surface area contributed by atoms with Gasteiger partial charge in [0.2, 0.25) is 0 Å². The molecule has 0 aliphatic carbocycles. The van der Waals surface area contributed by atoms with Crippen molar-refractivity contribution in [2.45, 2.75) is 12.8 Å². The van der Waals surface area contributed by atoms with Crippen LogP contribution in [0, 0.1) is 5.92 Å². The zero-order valence-electron chi connectivity index (χ0n) is 12.5. The van der Waals surface area contributed by atoms with Gasteiger partial charge < -0.3 is 10.1 Å². The average molecular weight is 354 g/mol. The molecule has 122 valence electrons. The summed E-state index contributed by atoms with van der Waals surface area (Å²) in [6.07, 6.45) is 3.75. The molecule has 0 unspecified atom stereocenters. The maximum atomic E-state index is 12.4. The van der Waals surface area contributed by atoms with Crippen molar-refractivity contribution in [3.05, 3.63) is 50.9 Å². The van der Waals surface area contributed by atoms with Crippen molar-refractivity contribution in [3.63, 3.8) is 0 Å². The van der Waals surface area contributed by atoms with Crippen molar-refractivity contribution in [2.75, 3.05) is 25.1 Å². The maximum Gasteiger partial charge on any atom is 0.292 e. The van der Waals surface area contributed by atoms with Crippen molar-refractivity contribution in [2.24, 2.45) is 5.92 Å². The maximum absolute atomic E-state index is 12.4. The minimum atomic E-state index is -0.362. The third-order valence-electron chi connectivity index (χ3n) is 3.83. The van der Waals surface area contributed by atoms with E-state index in [9.17, 15) is 4.79 Å². The Kier molecular flexibility index (Phi) is 5.20. The Labute approximate surface area is 144 Å². The molecule has 1 aromatic carbocycles. The van der Waals surface area contributed by atoms with E-state index in [1.165, 1.54) is 4.68 Å². The summed E-state index contributed by atoms with van der Waals surface area (Å²) < 4.78 is 6.70. The van der Waals surface area contributed by atoms with Crippen LogP contribution in [-0.2, 0) is 4.74 Å². The van der Waals surface area contributed by atoms with Gasteiger partial charge in [-0.1, -0.05) is 23.2 Å². The van der Waals surface area contributed by atoms with Gasteiger partial charge in [-0.05, 0) is 43.0 Å². The van der Waals surface area contributed by atoms with Gasteiger partial charge in [-0.3, -0.25) is 4.79 Å². The third-order valence-corrected chi connectivity index (χ3v) is 4.44. The first-order valence-corrected chi connectivity index (χ1v) is 8.26. The summed E-state index contributed by atoms with van der Waals surface area (Å²) in [6, 6.07) is 6.85. The molecule has 1 atom stereocenters. The van der Waals surface area contributed by atoms with E-state index in [4.69, 9.17) is 27.9 Å². The van der Waals surface area contributed by atoms with Crippen molar-refractivity contribution in [3.8, 4) is 5.69 Å². The molecule has 0 spiro atoms. The highest BCUT2D eigenvalue weighted by Crippen LogP contribution is 2.20. The standard InChI is InChI=1S/C16H17Cl2N3O2/c17-12-3-5-13(6-4-12)21-16(22)15(18)14(9-20-21)19-8-11-2-1-7-23-10-11/h3-6,9,11,19H,1-2,7-8,10H2/t11-/m1/s1. The predicted octanol–water partition coefficient (Wildman–Crippen LogP) is 3.38. The third kappa shape index (κ3) is 3.86. The fraction of sp³-hybridized carbons (Fsp3) is 0.375. The number of hydrogen-bond donors (Lipinski definition) is 1. The van der Waals surface area contributed by atoms with Crippen molar-refractivity contribution in [1.29, 1.82) is 0 Å². The Bertz CT molecular complexity index is 725. The molecule has 0 radical (unpaired) electrons. The summed E-state index contributed by atoms with van der Waals surface area (Å²) in [6.45, 7) is 2.28. The molecule has 1 saturated heterocycles. The van der Waals surface area contributed by atoms with Crippen LogP contribution in [0.4, 0.5) is 5.69 Å². The van der Waals surface area contributed by atoms with E-state index in [2.05, 4.69) is 10.4 Å². The second-order valence-electron chi connectivity index (χ2n) is 5.53. The number of hydrogen-bond acceptors (Lipinski definition) is 4. The molecular formula is C16H17Cl2N3O2. The molecule has 23 heavy (non-hydrogen) atoms. The first kappa shape index (κ1) is 16.3. The molecule has 7 heteroatoms. The van der Waals surface area contributed by atoms with Crippen LogP contribution >= 0.6 is 23.2 Å². The molecule has 0 amide bonds.